The van der Waals surface area contributed by atoms with Crippen molar-refractivity contribution in [2.75, 3.05) is 6.61 Å². The molecule has 23 heavy (non-hydrogen) atoms. The molecule has 0 aliphatic heterocycles. The zero-order valence-corrected chi connectivity index (χ0v) is 13.5. The lowest BCUT2D eigenvalue weighted by Gasteiger charge is -2.08. The Morgan fingerprint density at radius 1 is 1.17 bits per heavy atom. The van der Waals surface area contributed by atoms with Gasteiger partial charge in [-0.05, 0) is 50.1 Å². The first-order valence-corrected chi connectivity index (χ1v) is 7.27. The van der Waals surface area contributed by atoms with Gasteiger partial charge >= 0.3 is 0 Å². The van der Waals surface area contributed by atoms with Gasteiger partial charge in [0.1, 0.15) is 11.5 Å². The lowest BCUT2D eigenvalue weighted by atomic mass is 10.1. The molecule has 2 N–H and O–H groups in total. The van der Waals surface area contributed by atoms with Crippen LogP contribution in [-0.2, 0) is 4.79 Å². The number of phenols is 1. The Kier molecular flexibility index (Phi) is 5.36. The van der Waals surface area contributed by atoms with Crippen molar-refractivity contribution < 1.29 is 14.6 Å². The Hall–Kier alpha value is -2.82. The molecule has 2 aromatic rings. The molecule has 0 aliphatic rings. The summed E-state index contributed by atoms with van der Waals surface area (Å²) in [5.41, 5.74) is 5.97. The Balaban J connectivity index is 1.86. The Morgan fingerprint density at radius 2 is 1.87 bits per heavy atom. The summed E-state index contributed by atoms with van der Waals surface area (Å²) >= 11 is 0. The number of carbonyl (C=O) groups excluding carboxylic acids is 1. The second kappa shape index (κ2) is 7.45. The molecule has 2 rings (SSSR count). The number of hydrogen-bond donors (Lipinski definition) is 2. The van der Waals surface area contributed by atoms with Gasteiger partial charge in [-0.3, -0.25) is 4.79 Å². The highest BCUT2D eigenvalue weighted by Crippen LogP contribution is 2.18. The number of benzene rings is 2. The van der Waals surface area contributed by atoms with Crippen LogP contribution in [0.2, 0.25) is 0 Å². The first-order chi connectivity index (χ1) is 11.0. The zero-order chi connectivity index (χ0) is 16.8. The lowest BCUT2D eigenvalue weighted by molar-refractivity contribution is -0.123. The van der Waals surface area contributed by atoms with E-state index in [1.54, 1.807) is 12.1 Å². The molecule has 0 unspecified atom stereocenters. The van der Waals surface area contributed by atoms with Gasteiger partial charge in [0, 0.05) is 5.56 Å². The van der Waals surface area contributed by atoms with Gasteiger partial charge in [0.15, 0.2) is 6.61 Å². The van der Waals surface area contributed by atoms with E-state index in [1.807, 2.05) is 45.0 Å². The molecule has 0 saturated carbocycles. The quantitative estimate of drug-likeness (QED) is 0.659. The average molecular weight is 312 g/mol. The highest BCUT2D eigenvalue weighted by Gasteiger charge is 2.04. The number of aromatic hydroxyl groups is 1. The molecule has 0 atom stereocenters. The molecular weight excluding hydrogens is 292 g/mol. The zero-order valence-electron chi connectivity index (χ0n) is 13.5. The van der Waals surface area contributed by atoms with E-state index in [9.17, 15) is 9.90 Å². The van der Waals surface area contributed by atoms with Crippen molar-refractivity contribution >= 4 is 12.1 Å². The lowest BCUT2D eigenvalue weighted by Crippen LogP contribution is -2.24. The summed E-state index contributed by atoms with van der Waals surface area (Å²) in [6.45, 7) is 5.69. The third-order valence-electron chi connectivity index (χ3n) is 3.27. The van der Waals surface area contributed by atoms with Gasteiger partial charge < -0.3 is 9.84 Å². The number of phenolic OH excluding ortho intramolecular Hbond substituents is 1. The molecule has 5 heteroatoms. The van der Waals surface area contributed by atoms with E-state index in [-0.39, 0.29) is 18.3 Å². The maximum atomic E-state index is 11.7. The largest absolute Gasteiger partial charge is 0.507 e. The number of nitrogens with zero attached hydrogens (tertiary/aromatic N) is 1. The number of carbonyl (C=O) groups is 1. The van der Waals surface area contributed by atoms with Crippen LogP contribution in [-0.4, -0.2) is 23.8 Å². The minimum absolute atomic E-state index is 0.120. The van der Waals surface area contributed by atoms with Crippen molar-refractivity contribution in [3.8, 4) is 11.5 Å². The molecule has 0 aliphatic carbocycles. The summed E-state index contributed by atoms with van der Waals surface area (Å²) in [4.78, 5) is 11.7. The second-order valence-corrected chi connectivity index (χ2v) is 5.41. The molecule has 0 aromatic heterocycles. The molecule has 0 bridgehead atoms. The van der Waals surface area contributed by atoms with Gasteiger partial charge in [-0.1, -0.05) is 23.8 Å². The number of nitrogens with one attached hydrogen (secondary N) is 1. The molecule has 2 aromatic carbocycles. The van der Waals surface area contributed by atoms with E-state index in [2.05, 4.69) is 10.5 Å². The van der Waals surface area contributed by atoms with Crippen molar-refractivity contribution in [1.82, 2.24) is 5.43 Å². The fraction of sp³-hybridized carbons (Fsp3) is 0.222. The molecular formula is C18H20N2O3. The van der Waals surface area contributed by atoms with Gasteiger partial charge in [-0.25, -0.2) is 5.43 Å². The molecule has 0 spiro atoms. The van der Waals surface area contributed by atoms with Crippen LogP contribution in [0.25, 0.3) is 0 Å². The summed E-state index contributed by atoms with van der Waals surface area (Å²) < 4.78 is 5.46. The second-order valence-electron chi connectivity index (χ2n) is 5.41. The van der Waals surface area contributed by atoms with Crippen LogP contribution in [0.5, 0.6) is 11.5 Å². The van der Waals surface area contributed by atoms with Gasteiger partial charge in [0.2, 0.25) is 0 Å². The number of hydrogen-bond acceptors (Lipinski definition) is 4. The first kappa shape index (κ1) is 16.5. The van der Waals surface area contributed by atoms with Crippen molar-refractivity contribution in [3.05, 3.63) is 58.7 Å². The third-order valence-corrected chi connectivity index (χ3v) is 3.27. The van der Waals surface area contributed by atoms with Crippen LogP contribution in [0.4, 0.5) is 0 Å². The number of rotatable bonds is 5. The highest BCUT2D eigenvalue weighted by atomic mass is 16.5. The van der Waals surface area contributed by atoms with Crippen molar-refractivity contribution in [3.63, 3.8) is 0 Å². The van der Waals surface area contributed by atoms with E-state index in [4.69, 9.17) is 4.74 Å². The standard InChI is InChI=1S/C18H20N2O3/c1-12-5-7-17(14(3)8-12)23-11-18(22)20-19-10-15-6-4-13(2)9-16(15)21/h4-10,21H,11H2,1-3H3,(H,20,22)/b19-10-. The fourth-order valence-electron chi connectivity index (χ4n) is 2.07. The summed E-state index contributed by atoms with van der Waals surface area (Å²) in [5, 5.41) is 13.5. The van der Waals surface area contributed by atoms with Crippen LogP contribution in [0.3, 0.4) is 0 Å². The first-order valence-electron chi connectivity index (χ1n) is 7.27. The van der Waals surface area contributed by atoms with E-state index >= 15 is 0 Å². The predicted octanol–water partition coefficient (Wildman–Crippen LogP) is 2.85. The Bertz CT molecular complexity index is 739. The smallest absolute Gasteiger partial charge is 0.277 e. The molecule has 120 valence electrons. The number of aryl methyl sites for hydroxylation is 3. The minimum Gasteiger partial charge on any atom is -0.507 e. The third kappa shape index (κ3) is 4.85. The molecule has 0 saturated heterocycles. The van der Waals surface area contributed by atoms with Gasteiger partial charge in [-0.15, -0.1) is 0 Å². The minimum atomic E-state index is -0.368. The Morgan fingerprint density at radius 3 is 2.57 bits per heavy atom. The van der Waals surface area contributed by atoms with E-state index < -0.39 is 0 Å². The van der Waals surface area contributed by atoms with Gasteiger partial charge in [0.05, 0.1) is 6.21 Å². The predicted molar refractivity (Wildman–Crippen MR) is 90.0 cm³/mol. The van der Waals surface area contributed by atoms with Crippen LogP contribution >= 0.6 is 0 Å². The molecule has 5 nitrogen and oxygen atoms in total. The monoisotopic (exact) mass is 312 g/mol. The van der Waals surface area contributed by atoms with Gasteiger partial charge in [0.25, 0.3) is 5.91 Å². The highest BCUT2D eigenvalue weighted by molar-refractivity contribution is 5.85. The maximum absolute atomic E-state index is 11.7. The molecule has 1 amide bonds. The van der Waals surface area contributed by atoms with E-state index in [0.29, 0.717) is 11.3 Å². The average Bonchev–Trinajstić information content (AvgIpc) is 2.48. The molecule has 0 radical (unpaired) electrons. The van der Waals surface area contributed by atoms with Crippen molar-refractivity contribution in [2.45, 2.75) is 20.8 Å². The molecule has 0 fully saturated rings. The SMILES string of the molecule is Cc1ccc(OCC(=O)N/N=C\c2ccc(C)cc2O)c(C)c1. The van der Waals surface area contributed by atoms with Crippen LogP contribution < -0.4 is 10.2 Å². The topological polar surface area (TPSA) is 70.9 Å². The Labute approximate surface area is 135 Å². The summed E-state index contributed by atoms with van der Waals surface area (Å²) in [5.74, 6) is 0.424. The number of amides is 1. The fourth-order valence-corrected chi connectivity index (χ4v) is 2.07. The van der Waals surface area contributed by atoms with E-state index in [0.717, 1.165) is 16.7 Å². The maximum Gasteiger partial charge on any atom is 0.277 e. The van der Waals surface area contributed by atoms with Crippen molar-refractivity contribution in [1.29, 1.82) is 0 Å². The summed E-state index contributed by atoms with van der Waals surface area (Å²) in [7, 11) is 0. The normalized spacial score (nSPS) is 10.7. The summed E-state index contributed by atoms with van der Waals surface area (Å²) in [6.07, 6.45) is 1.39. The number of hydrazone groups is 1. The van der Waals surface area contributed by atoms with E-state index in [1.165, 1.54) is 6.21 Å². The van der Waals surface area contributed by atoms with Crippen LogP contribution in [0.15, 0.2) is 41.5 Å². The molecule has 0 heterocycles. The van der Waals surface area contributed by atoms with Crippen LogP contribution in [0.1, 0.15) is 22.3 Å². The summed E-state index contributed by atoms with van der Waals surface area (Å²) in [6, 6.07) is 11.0. The number of ether oxygens (including phenoxy) is 1. The van der Waals surface area contributed by atoms with Crippen molar-refractivity contribution in [2.24, 2.45) is 5.10 Å². The van der Waals surface area contributed by atoms with Crippen LogP contribution in [0, 0.1) is 20.8 Å². The van der Waals surface area contributed by atoms with Gasteiger partial charge in [-0.2, -0.15) is 5.10 Å².